The van der Waals surface area contributed by atoms with Gasteiger partial charge < -0.3 is 19.1 Å². The molecule has 1 amide bonds. The predicted molar refractivity (Wildman–Crippen MR) is 84.2 cm³/mol. The maximum Gasteiger partial charge on any atom is 0.344 e. The molecule has 2 atom stereocenters. The number of hydrogen-bond acceptors (Lipinski definition) is 6. The summed E-state index contributed by atoms with van der Waals surface area (Å²) in [5.41, 5.74) is 0.504. The van der Waals surface area contributed by atoms with Crippen molar-refractivity contribution in [1.82, 2.24) is 4.90 Å². The van der Waals surface area contributed by atoms with Gasteiger partial charge >= 0.3 is 5.97 Å². The number of rotatable bonds is 5. The number of carbonyl (C=O) groups excluding carboxylic acids is 2. The summed E-state index contributed by atoms with van der Waals surface area (Å²) in [6, 6.07) is 8.35. The summed E-state index contributed by atoms with van der Waals surface area (Å²) in [7, 11) is 0. The Bertz CT molecular complexity index is 613. The fraction of sp³-hybridized carbons (Fsp3) is 0.471. The number of ether oxygens (including phenoxy) is 3. The third kappa shape index (κ3) is 5.25. The number of esters is 1. The second-order valence-electron chi connectivity index (χ2n) is 5.64. The number of benzene rings is 1. The van der Waals surface area contributed by atoms with Crippen LogP contribution in [0.3, 0.4) is 0 Å². The number of nitriles is 1. The first-order valence-electron chi connectivity index (χ1n) is 7.69. The van der Waals surface area contributed by atoms with Crippen molar-refractivity contribution in [3.63, 3.8) is 0 Å². The Morgan fingerprint density at radius 3 is 2.42 bits per heavy atom. The Morgan fingerprint density at radius 2 is 1.83 bits per heavy atom. The smallest absolute Gasteiger partial charge is 0.344 e. The summed E-state index contributed by atoms with van der Waals surface area (Å²) >= 11 is 0. The molecule has 1 aliphatic heterocycles. The van der Waals surface area contributed by atoms with Crippen molar-refractivity contribution in [3.05, 3.63) is 29.8 Å². The van der Waals surface area contributed by atoms with Gasteiger partial charge in [0.1, 0.15) is 5.75 Å². The van der Waals surface area contributed by atoms with Crippen LogP contribution in [0.15, 0.2) is 24.3 Å². The van der Waals surface area contributed by atoms with Crippen LogP contribution in [0, 0.1) is 11.3 Å². The number of amides is 1. The van der Waals surface area contributed by atoms with E-state index in [9.17, 15) is 9.59 Å². The summed E-state index contributed by atoms with van der Waals surface area (Å²) in [5, 5.41) is 8.70. The standard InChI is InChI=1S/C17H20N2O5/c1-12-8-19(9-13(2)24-12)16(20)10-23-17(21)11-22-15-5-3-14(7-18)4-6-15/h3-6,12-13H,8-11H2,1-2H3/t12-,13+. The number of hydrogen-bond donors (Lipinski definition) is 0. The Kier molecular flexibility index (Phi) is 6.15. The van der Waals surface area contributed by atoms with Gasteiger partial charge in [-0.05, 0) is 38.1 Å². The normalized spacial score (nSPS) is 20.1. The molecule has 0 saturated carbocycles. The zero-order valence-electron chi connectivity index (χ0n) is 13.7. The highest BCUT2D eigenvalue weighted by Crippen LogP contribution is 2.12. The van der Waals surface area contributed by atoms with Crippen LogP contribution in [0.1, 0.15) is 19.4 Å². The quantitative estimate of drug-likeness (QED) is 0.751. The molecule has 0 N–H and O–H groups in total. The van der Waals surface area contributed by atoms with E-state index in [4.69, 9.17) is 19.5 Å². The van der Waals surface area contributed by atoms with Gasteiger partial charge in [0.15, 0.2) is 13.2 Å². The molecule has 128 valence electrons. The van der Waals surface area contributed by atoms with E-state index in [1.807, 2.05) is 19.9 Å². The van der Waals surface area contributed by atoms with Crippen molar-refractivity contribution < 1.29 is 23.8 Å². The fourth-order valence-electron chi connectivity index (χ4n) is 2.42. The number of carbonyl (C=O) groups is 2. The lowest BCUT2D eigenvalue weighted by molar-refractivity contribution is -0.158. The molecule has 7 heteroatoms. The van der Waals surface area contributed by atoms with E-state index in [1.165, 1.54) is 0 Å². The van der Waals surface area contributed by atoms with Crippen molar-refractivity contribution in [2.45, 2.75) is 26.1 Å². The molecule has 0 radical (unpaired) electrons. The topological polar surface area (TPSA) is 88.9 Å². The second-order valence-corrected chi connectivity index (χ2v) is 5.64. The van der Waals surface area contributed by atoms with Gasteiger partial charge in [-0.2, -0.15) is 5.26 Å². The molecule has 7 nitrogen and oxygen atoms in total. The van der Waals surface area contributed by atoms with E-state index in [0.717, 1.165) is 0 Å². The van der Waals surface area contributed by atoms with Gasteiger partial charge in [0.05, 0.1) is 23.8 Å². The van der Waals surface area contributed by atoms with E-state index >= 15 is 0 Å². The maximum absolute atomic E-state index is 12.1. The van der Waals surface area contributed by atoms with Crippen molar-refractivity contribution in [1.29, 1.82) is 5.26 Å². The first-order valence-corrected chi connectivity index (χ1v) is 7.69. The lowest BCUT2D eigenvalue weighted by Gasteiger charge is -2.35. The molecule has 0 aliphatic carbocycles. The minimum Gasteiger partial charge on any atom is -0.482 e. The molecule has 1 heterocycles. The monoisotopic (exact) mass is 332 g/mol. The molecular formula is C17H20N2O5. The Balaban J connectivity index is 1.72. The van der Waals surface area contributed by atoms with Crippen LogP contribution in [-0.2, 0) is 19.1 Å². The molecule has 1 saturated heterocycles. The van der Waals surface area contributed by atoms with Crippen molar-refractivity contribution >= 4 is 11.9 Å². The van der Waals surface area contributed by atoms with Crippen LogP contribution in [-0.4, -0.2) is 55.3 Å². The van der Waals surface area contributed by atoms with Gasteiger partial charge in [-0.1, -0.05) is 0 Å². The first kappa shape index (κ1) is 17.8. The summed E-state index contributed by atoms with van der Waals surface area (Å²) in [5.74, 6) is -0.418. The highest BCUT2D eigenvalue weighted by atomic mass is 16.6. The first-order chi connectivity index (χ1) is 11.5. The van der Waals surface area contributed by atoms with E-state index in [0.29, 0.717) is 24.4 Å². The molecular weight excluding hydrogens is 312 g/mol. The van der Waals surface area contributed by atoms with Gasteiger partial charge in [0.2, 0.25) is 0 Å². The zero-order chi connectivity index (χ0) is 17.5. The number of nitrogens with zero attached hydrogens (tertiary/aromatic N) is 2. The lowest BCUT2D eigenvalue weighted by Crippen LogP contribution is -2.49. The van der Waals surface area contributed by atoms with E-state index < -0.39 is 5.97 Å². The summed E-state index contributed by atoms with van der Waals surface area (Å²) in [6.07, 6.45) is -0.0683. The lowest BCUT2D eigenvalue weighted by atomic mass is 10.2. The van der Waals surface area contributed by atoms with Crippen LogP contribution in [0.25, 0.3) is 0 Å². The average Bonchev–Trinajstić information content (AvgIpc) is 2.57. The van der Waals surface area contributed by atoms with Crippen LogP contribution in [0.5, 0.6) is 5.75 Å². The minimum atomic E-state index is -0.623. The average molecular weight is 332 g/mol. The highest BCUT2D eigenvalue weighted by molar-refractivity contribution is 5.81. The minimum absolute atomic E-state index is 0.0342. The van der Waals surface area contributed by atoms with Crippen molar-refractivity contribution in [2.75, 3.05) is 26.3 Å². The molecule has 0 spiro atoms. The molecule has 1 aliphatic rings. The second kappa shape index (κ2) is 8.31. The predicted octanol–water partition coefficient (Wildman–Crippen LogP) is 1.12. The molecule has 0 aromatic heterocycles. The molecule has 2 rings (SSSR count). The summed E-state index contributed by atoms with van der Waals surface area (Å²) in [6.45, 7) is 4.16. The summed E-state index contributed by atoms with van der Waals surface area (Å²) in [4.78, 5) is 25.4. The Hall–Kier alpha value is -2.59. The fourth-order valence-corrected chi connectivity index (χ4v) is 2.42. The third-order valence-corrected chi connectivity index (χ3v) is 3.47. The van der Waals surface area contributed by atoms with E-state index in [2.05, 4.69) is 0 Å². The molecule has 1 aromatic rings. The third-order valence-electron chi connectivity index (χ3n) is 3.47. The Labute approximate surface area is 140 Å². The van der Waals surface area contributed by atoms with Crippen LogP contribution < -0.4 is 4.74 Å². The van der Waals surface area contributed by atoms with Gasteiger partial charge in [-0.3, -0.25) is 4.79 Å². The van der Waals surface area contributed by atoms with Gasteiger partial charge in [-0.25, -0.2) is 4.79 Å². The van der Waals surface area contributed by atoms with E-state index in [1.54, 1.807) is 29.2 Å². The molecule has 0 bridgehead atoms. The molecule has 0 unspecified atom stereocenters. The van der Waals surface area contributed by atoms with Gasteiger partial charge in [0.25, 0.3) is 5.91 Å². The van der Waals surface area contributed by atoms with Crippen LogP contribution in [0.4, 0.5) is 0 Å². The van der Waals surface area contributed by atoms with E-state index in [-0.39, 0.29) is 31.3 Å². The van der Waals surface area contributed by atoms with Crippen molar-refractivity contribution in [3.8, 4) is 11.8 Å². The van der Waals surface area contributed by atoms with Crippen LogP contribution >= 0.6 is 0 Å². The summed E-state index contributed by atoms with van der Waals surface area (Å²) < 4.78 is 15.8. The van der Waals surface area contributed by atoms with Crippen LogP contribution in [0.2, 0.25) is 0 Å². The van der Waals surface area contributed by atoms with Gasteiger partial charge in [-0.15, -0.1) is 0 Å². The zero-order valence-corrected chi connectivity index (χ0v) is 13.7. The number of morpholine rings is 1. The van der Waals surface area contributed by atoms with Crippen molar-refractivity contribution in [2.24, 2.45) is 0 Å². The molecule has 24 heavy (non-hydrogen) atoms. The maximum atomic E-state index is 12.1. The largest absolute Gasteiger partial charge is 0.482 e. The molecule has 1 fully saturated rings. The van der Waals surface area contributed by atoms with Gasteiger partial charge in [0, 0.05) is 13.1 Å². The Morgan fingerprint density at radius 1 is 1.21 bits per heavy atom. The SMILES string of the molecule is C[C@@H]1CN(C(=O)COC(=O)COc2ccc(C#N)cc2)C[C@H](C)O1. The molecule has 1 aromatic carbocycles. The highest BCUT2D eigenvalue weighted by Gasteiger charge is 2.26.